The first-order valence-corrected chi connectivity index (χ1v) is 7.09. The van der Waals surface area contributed by atoms with Crippen LogP contribution in [0.3, 0.4) is 0 Å². The van der Waals surface area contributed by atoms with Crippen molar-refractivity contribution in [2.45, 2.75) is 53.0 Å². The van der Waals surface area contributed by atoms with Crippen LogP contribution in [0, 0.1) is 11.8 Å². The third-order valence-corrected chi connectivity index (χ3v) is 3.98. The van der Waals surface area contributed by atoms with Gasteiger partial charge in [0.1, 0.15) is 0 Å². The molecule has 0 aliphatic carbocycles. The summed E-state index contributed by atoms with van der Waals surface area (Å²) in [5, 5.41) is 3.54. The molecule has 16 heavy (non-hydrogen) atoms. The highest BCUT2D eigenvalue weighted by Crippen LogP contribution is 2.20. The Morgan fingerprint density at radius 2 is 2.12 bits per heavy atom. The van der Waals surface area contributed by atoms with Crippen molar-refractivity contribution < 1.29 is 0 Å². The summed E-state index contributed by atoms with van der Waals surface area (Å²) in [7, 11) is 0. The largest absolute Gasteiger partial charge is 0.316 e. The van der Waals surface area contributed by atoms with Crippen LogP contribution in [0.1, 0.15) is 47.0 Å². The van der Waals surface area contributed by atoms with Gasteiger partial charge in [-0.3, -0.25) is 0 Å². The second-order valence-corrected chi connectivity index (χ2v) is 5.66. The molecular formula is C14H30N2. The number of nitrogens with zero attached hydrogens (tertiary/aromatic N) is 1. The maximum Gasteiger partial charge on any atom is 0.0105 e. The maximum absolute atomic E-state index is 3.54. The Hall–Kier alpha value is -0.0800. The summed E-state index contributed by atoms with van der Waals surface area (Å²) < 4.78 is 0. The Morgan fingerprint density at radius 1 is 1.38 bits per heavy atom. The van der Waals surface area contributed by atoms with Gasteiger partial charge in [-0.2, -0.15) is 0 Å². The Kier molecular flexibility index (Phi) is 6.37. The molecule has 2 nitrogen and oxygen atoms in total. The van der Waals surface area contributed by atoms with Crippen LogP contribution in [-0.4, -0.2) is 37.1 Å². The summed E-state index contributed by atoms with van der Waals surface area (Å²) >= 11 is 0. The minimum Gasteiger partial charge on any atom is -0.316 e. The lowest BCUT2D eigenvalue weighted by Gasteiger charge is -2.38. The summed E-state index contributed by atoms with van der Waals surface area (Å²) in [6, 6.07) is 0.729. The molecule has 1 aliphatic rings. The quantitative estimate of drug-likeness (QED) is 0.701. The lowest BCUT2D eigenvalue weighted by atomic mass is 9.95. The van der Waals surface area contributed by atoms with Crippen molar-refractivity contribution in [1.82, 2.24) is 10.2 Å². The van der Waals surface area contributed by atoms with Crippen LogP contribution in [0.4, 0.5) is 0 Å². The molecule has 1 heterocycles. The average molecular weight is 226 g/mol. The van der Waals surface area contributed by atoms with Gasteiger partial charge in [0.15, 0.2) is 0 Å². The van der Waals surface area contributed by atoms with Gasteiger partial charge >= 0.3 is 0 Å². The van der Waals surface area contributed by atoms with E-state index in [4.69, 9.17) is 0 Å². The fourth-order valence-corrected chi connectivity index (χ4v) is 2.63. The first kappa shape index (κ1) is 14.0. The molecular weight excluding hydrogens is 196 g/mol. The first-order chi connectivity index (χ1) is 7.65. The molecule has 0 aromatic carbocycles. The van der Waals surface area contributed by atoms with E-state index >= 15 is 0 Å². The summed E-state index contributed by atoms with van der Waals surface area (Å²) in [5.41, 5.74) is 0. The van der Waals surface area contributed by atoms with Gasteiger partial charge in [-0.1, -0.05) is 20.8 Å². The molecule has 1 fully saturated rings. The zero-order valence-corrected chi connectivity index (χ0v) is 11.6. The highest BCUT2D eigenvalue weighted by atomic mass is 15.2. The van der Waals surface area contributed by atoms with Crippen molar-refractivity contribution >= 4 is 0 Å². The summed E-state index contributed by atoms with van der Waals surface area (Å²) in [5.74, 6) is 1.66. The van der Waals surface area contributed by atoms with E-state index in [2.05, 4.69) is 37.9 Å². The molecule has 0 radical (unpaired) electrons. The van der Waals surface area contributed by atoms with Crippen molar-refractivity contribution in [3.05, 3.63) is 0 Å². The predicted octanol–water partition coefficient (Wildman–Crippen LogP) is 2.74. The molecule has 2 heteroatoms. The van der Waals surface area contributed by atoms with Gasteiger partial charge in [0.05, 0.1) is 0 Å². The first-order valence-electron chi connectivity index (χ1n) is 7.09. The fourth-order valence-electron chi connectivity index (χ4n) is 2.63. The molecule has 0 amide bonds. The zero-order chi connectivity index (χ0) is 12.0. The van der Waals surface area contributed by atoms with Crippen LogP contribution >= 0.6 is 0 Å². The number of rotatable bonds is 6. The van der Waals surface area contributed by atoms with Gasteiger partial charge in [-0.15, -0.1) is 0 Å². The molecule has 0 spiro atoms. The Morgan fingerprint density at radius 3 is 2.75 bits per heavy atom. The van der Waals surface area contributed by atoms with Crippen molar-refractivity contribution in [3.8, 4) is 0 Å². The molecule has 0 bridgehead atoms. The van der Waals surface area contributed by atoms with Crippen molar-refractivity contribution in [1.29, 1.82) is 0 Å². The standard InChI is InChI=1S/C14H30N2/c1-5-8-15-10-13(3)14(4)16-9-6-7-12(2)11-16/h12-15H,5-11H2,1-4H3. The van der Waals surface area contributed by atoms with E-state index in [1.54, 1.807) is 0 Å². The zero-order valence-electron chi connectivity index (χ0n) is 11.6. The smallest absolute Gasteiger partial charge is 0.0105 e. The summed E-state index contributed by atoms with van der Waals surface area (Å²) in [6.45, 7) is 14.3. The Bertz CT molecular complexity index is 182. The molecule has 1 aliphatic heterocycles. The van der Waals surface area contributed by atoms with E-state index < -0.39 is 0 Å². The lowest BCUT2D eigenvalue weighted by Crippen LogP contribution is -2.45. The maximum atomic E-state index is 3.54. The van der Waals surface area contributed by atoms with E-state index in [1.807, 2.05) is 0 Å². The second-order valence-electron chi connectivity index (χ2n) is 5.66. The van der Waals surface area contributed by atoms with E-state index in [9.17, 15) is 0 Å². The van der Waals surface area contributed by atoms with Crippen molar-refractivity contribution in [2.75, 3.05) is 26.2 Å². The molecule has 0 aromatic rings. The van der Waals surface area contributed by atoms with E-state index in [-0.39, 0.29) is 0 Å². The number of hydrogen-bond acceptors (Lipinski definition) is 2. The van der Waals surface area contributed by atoms with Gasteiger partial charge in [-0.05, 0) is 57.7 Å². The highest BCUT2D eigenvalue weighted by Gasteiger charge is 2.24. The minimum atomic E-state index is 0.729. The normalized spacial score (nSPS) is 26.6. The lowest BCUT2D eigenvalue weighted by molar-refractivity contribution is 0.106. The number of hydrogen-bond donors (Lipinski definition) is 1. The van der Waals surface area contributed by atoms with Gasteiger partial charge in [-0.25, -0.2) is 0 Å². The molecule has 96 valence electrons. The molecule has 3 unspecified atom stereocenters. The van der Waals surface area contributed by atoms with E-state index in [1.165, 1.54) is 38.9 Å². The van der Waals surface area contributed by atoms with Crippen LogP contribution in [0.2, 0.25) is 0 Å². The highest BCUT2D eigenvalue weighted by molar-refractivity contribution is 4.79. The Balaban J connectivity index is 2.28. The molecule has 1 N–H and O–H groups in total. The van der Waals surface area contributed by atoms with Crippen LogP contribution < -0.4 is 5.32 Å². The van der Waals surface area contributed by atoms with Gasteiger partial charge in [0.25, 0.3) is 0 Å². The number of nitrogens with one attached hydrogen (secondary N) is 1. The van der Waals surface area contributed by atoms with Crippen molar-refractivity contribution in [3.63, 3.8) is 0 Å². The van der Waals surface area contributed by atoms with E-state index in [0.717, 1.165) is 24.4 Å². The second kappa shape index (κ2) is 7.29. The third-order valence-electron chi connectivity index (χ3n) is 3.98. The number of likely N-dealkylation sites (tertiary alicyclic amines) is 1. The number of piperidine rings is 1. The van der Waals surface area contributed by atoms with E-state index in [0.29, 0.717) is 0 Å². The molecule has 1 rings (SSSR count). The molecule has 0 saturated carbocycles. The van der Waals surface area contributed by atoms with Gasteiger partial charge in [0.2, 0.25) is 0 Å². The monoisotopic (exact) mass is 226 g/mol. The topological polar surface area (TPSA) is 15.3 Å². The summed E-state index contributed by atoms with van der Waals surface area (Å²) in [6.07, 6.45) is 4.05. The van der Waals surface area contributed by atoms with Gasteiger partial charge < -0.3 is 10.2 Å². The summed E-state index contributed by atoms with van der Waals surface area (Å²) in [4.78, 5) is 2.69. The fraction of sp³-hybridized carbons (Fsp3) is 1.00. The van der Waals surface area contributed by atoms with Crippen LogP contribution in [0.15, 0.2) is 0 Å². The molecule has 1 saturated heterocycles. The van der Waals surface area contributed by atoms with Crippen LogP contribution in [0.5, 0.6) is 0 Å². The van der Waals surface area contributed by atoms with Gasteiger partial charge in [0, 0.05) is 12.6 Å². The van der Waals surface area contributed by atoms with Crippen LogP contribution in [-0.2, 0) is 0 Å². The SMILES string of the molecule is CCCNCC(C)C(C)N1CCCC(C)C1. The van der Waals surface area contributed by atoms with Crippen molar-refractivity contribution in [2.24, 2.45) is 11.8 Å². The average Bonchev–Trinajstić information content (AvgIpc) is 2.28. The van der Waals surface area contributed by atoms with Crippen LogP contribution in [0.25, 0.3) is 0 Å². The predicted molar refractivity (Wildman–Crippen MR) is 71.8 cm³/mol. The Labute approximate surface area is 102 Å². The third kappa shape index (κ3) is 4.42. The molecule has 3 atom stereocenters. The molecule has 0 aromatic heterocycles. The minimum absolute atomic E-state index is 0.729.